The Morgan fingerprint density at radius 2 is 2.19 bits per heavy atom. The number of aryl methyl sites for hydroxylation is 1. The van der Waals surface area contributed by atoms with Crippen molar-refractivity contribution in [3.05, 3.63) is 42.1 Å². The van der Waals surface area contributed by atoms with Crippen molar-refractivity contribution >= 4 is 5.82 Å². The first-order valence-corrected chi connectivity index (χ1v) is 5.03. The molecule has 2 aromatic heterocycles. The van der Waals surface area contributed by atoms with Gasteiger partial charge in [0, 0.05) is 13.1 Å². The number of hydrogen-bond donors (Lipinski definition) is 1. The third-order valence-electron chi connectivity index (χ3n) is 2.38. The lowest BCUT2D eigenvalue weighted by atomic mass is 10.2. The minimum absolute atomic E-state index is 0.0102. The molecule has 0 aliphatic carbocycles. The van der Waals surface area contributed by atoms with Crippen LogP contribution in [0.5, 0.6) is 0 Å². The van der Waals surface area contributed by atoms with Gasteiger partial charge in [0.15, 0.2) is 0 Å². The maximum Gasteiger partial charge on any atom is 0.141 e. The third-order valence-corrected chi connectivity index (χ3v) is 2.38. The summed E-state index contributed by atoms with van der Waals surface area (Å²) in [6, 6.07) is 4.96. The van der Waals surface area contributed by atoms with Crippen LogP contribution in [0.25, 0.3) is 0 Å². The Hall–Kier alpha value is -1.91. The van der Waals surface area contributed by atoms with Crippen molar-refractivity contribution in [1.82, 2.24) is 14.8 Å². The van der Waals surface area contributed by atoms with Crippen LogP contribution in [-0.4, -0.2) is 14.8 Å². The number of pyridine rings is 1. The molecular formula is C11H13FN4. The van der Waals surface area contributed by atoms with Gasteiger partial charge in [-0.15, -0.1) is 0 Å². The molecule has 0 spiro atoms. The zero-order chi connectivity index (χ0) is 11.5. The summed E-state index contributed by atoms with van der Waals surface area (Å²) in [5.74, 6) is 0.579. The topological polar surface area (TPSA) is 42.7 Å². The highest BCUT2D eigenvalue weighted by molar-refractivity contribution is 5.36. The van der Waals surface area contributed by atoms with Crippen LogP contribution in [0.15, 0.2) is 30.6 Å². The van der Waals surface area contributed by atoms with Gasteiger partial charge in [0.2, 0.25) is 0 Å². The fourth-order valence-electron chi connectivity index (χ4n) is 1.45. The van der Waals surface area contributed by atoms with Crippen LogP contribution < -0.4 is 5.32 Å². The molecule has 1 atom stereocenters. The molecule has 0 saturated carbocycles. The Kier molecular flexibility index (Phi) is 2.85. The van der Waals surface area contributed by atoms with E-state index in [1.165, 1.54) is 12.3 Å². The molecule has 5 heteroatoms. The fraction of sp³-hybridized carbons (Fsp3) is 0.273. The van der Waals surface area contributed by atoms with Crippen molar-refractivity contribution in [1.29, 1.82) is 0 Å². The zero-order valence-corrected chi connectivity index (χ0v) is 9.18. The Morgan fingerprint density at radius 3 is 2.75 bits per heavy atom. The molecule has 0 aromatic carbocycles. The van der Waals surface area contributed by atoms with Crippen molar-refractivity contribution in [3.8, 4) is 0 Å². The van der Waals surface area contributed by atoms with Crippen LogP contribution in [0.3, 0.4) is 0 Å². The van der Waals surface area contributed by atoms with Gasteiger partial charge in [-0.2, -0.15) is 5.10 Å². The second-order valence-electron chi connectivity index (χ2n) is 3.61. The number of halogens is 1. The molecule has 0 saturated heterocycles. The lowest BCUT2D eigenvalue weighted by Crippen LogP contribution is -2.11. The predicted molar refractivity (Wildman–Crippen MR) is 59.4 cm³/mol. The van der Waals surface area contributed by atoms with Crippen molar-refractivity contribution < 1.29 is 4.39 Å². The van der Waals surface area contributed by atoms with Gasteiger partial charge in [0.1, 0.15) is 11.6 Å². The molecule has 2 rings (SSSR count). The molecule has 2 heterocycles. The van der Waals surface area contributed by atoms with Gasteiger partial charge in [-0.3, -0.25) is 9.67 Å². The van der Waals surface area contributed by atoms with E-state index in [9.17, 15) is 4.39 Å². The van der Waals surface area contributed by atoms with Crippen LogP contribution in [-0.2, 0) is 7.05 Å². The Morgan fingerprint density at radius 1 is 1.38 bits per heavy atom. The van der Waals surface area contributed by atoms with Crippen molar-refractivity contribution in [2.75, 3.05) is 5.32 Å². The average Bonchev–Trinajstić information content (AvgIpc) is 2.65. The summed E-state index contributed by atoms with van der Waals surface area (Å²) in [6.07, 6.45) is 2.93. The van der Waals surface area contributed by atoms with Crippen LogP contribution >= 0.6 is 0 Å². The van der Waals surface area contributed by atoms with Gasteiger partial charge in [-0.25, -0.2) is 4.39 Å². The summed E-state index contributed by atoms with van der Waals surface area (Å²) < 4.78 is 14.4. The van der Waals surface area contributed by atoms with E-state index in [-0.39, 0.29) is 11.9 Å². The van der Waals surface area contributed by atoms with Crippen LogP contribution in [0.1, 0.15) is 18.7 Å². The Balaban J connectivity index is 2.11. The molecule has 0 amide bonds. The monoisotopic (exact) mass is 220 g/mol. The number of anilines is 1. The minimum atomic E-state index is -0.323. The standard InChI is InChI=1S/C11H13FN4/c1-8(10-4-3-9(12)7-13-10)15-11-5-6-14-16(11)2/h3-8,15H,1-2H3. The summed E-state index contributed by atoms with van der Waals surface area (Å²) in [6.45, 7) is 1.97. The normalized spacial score (nSPS) is 12.4. The van der Waals surface area contributed by atoms with Crippen LogP contribution in [0.4, 0.5) is 10.2 Å². The highest BCUT2D eigenvalue weighted by atomic mass is 19.1. The second kappa shape index (κ2) is 4.30. The lowest BCUT2D eigenvalue weighted by molar-refractivity contribution is 0.617. The molecule has 84 valence electrons. The van der Waals surface area contributed by atoms with Crippen LogP contribution in [0, 0.1) is 5.82 Å². The number of nitrogens with one attached hydrogen (secondary N) is 1. The average molecular weight is 220 g/mol. The molecule has 0 aliphatic rings. The summed E-state index contributed by atoms with van der Waals surface area (Å²) in [5.41, 5.74) is 0.794. The van der Waals surface area contributed by atoms with E-state index in [2.05, 4.69) is 15.4 Å². The van der Waals surface area contributed by atoms with Crippen molar-refractivity contribution in [2.45, 2.75) is 13.0 Å². The van der Waals surface area contributed by atoms with Gasteiger partial charge in [-0.1, -0.05) is 0 Å². The number of hydrogen-bond acceptors (Lipinski definition) is 3. The highest BCUT2D eigenvalue weighted by Crippen LogP contribution is 2.16. The first-order chi connectivity index (χ1) is 7.66. The van der Waals surface area contributed by atoms with Gasteiger partial charge in [-0.05, 0) is 19.1 Å². The van der Waals surface area contributed by atoms with Crippen molar-refractivity contribution in [3.63, 3.8) is 0 Å². The lowest BCUT2D eigenvalue weighted by Gasteiger charge is -2.14. The fourth-order valence-corrected chi connectivity index (χ4v) is 1.45. The Labute approximate surface area is 93.1 Å². The van der Waals surface area contributed by atoms with Crippen LogP contribution in [0.2, 0.25) is 0 Å². The van der Waals surface area contributed by atoms with E-state index in [0.717, 1.165) is 11.5 Å². The molecule has 2 aromatic rings. The van der Waals surface area contributed by atoms with E-state index in [0.29, 0.717) is 0 Å². The summed E-state index contributed by atoms with van der Waals surface area (Å²) in [7, 11) is 1.85. The quantitative estimate of drug-likeness (QED) is 0.861. The van der Waals surface area contributed by atoms with E-state index < -0.39 is 0 Å². The number of rotatable bonds is 3. The number of nitrogens with zero attached hydrogens (tertiary/aromatic N) is 3. The first kappa shape index (κ1) is 10.6. The smallest absolute Gasteiger partial charge is 0.141 e. The molecular weight excluding hydrogens is 207 g/mol. The zero-order valence-electron chi connectivity index (χ0n) is 9.18. The molecule has 0 fully saturated rings. The molecule has 0 radical (unpaired) electrons. The highest BCUT2D eigenvalue weighted by Gasteiger charge is 2.08. The molecule has 4 nitrogen and oxygen atoms in total. The minimum Gasteiger partial charge on any atom is -0.362 e. The first-order valence-electron chi connectivity index (χ1n) is 5.03. The van der Waals surface area contributed by atoms with Gasteiger partial charge in [0.25, 0.3) is 0 Å². The maximum atomic E-state index is 12.7. The predicted octanol–water partition coefficient (Wildman–Crippen LogP) is 2.13. The number of aromatic nitrogens is 3. The van der Waals surface area contributed by atoms with Gasteiger partial charge < -0.3 is 5.32 Å². The van der Waals surface area contributed by atoms with Gasteiger partial charge in [0.05, 0.1) is 24.1 Å². The Bertz CT molecular complexity index is 463. The molecule has 1 N–H and O–H groups in total. The van der Waals surface area contributed by atoms with E-state index in [1.807, 2.05) is 20.0 Å². The van der Waals surface area contributed by atoms with E-state index >= 15 is 0 Å². The van der Waals surface area contributed by atoms with Crippen molar-refractivity contribution in [2.24, 2.45) is 7.05 Å². The molecule has 0 bridgehead atoms. The molecule has 16 heavy (non-hydrogen) atoms. The molecule has 1 unspecified atom stereocenters. The van der Waals surface area contributed by atoms with E-state index in [4.69, 9.17) is 0 Å². The third kappa shape index (κ3) is 2.18. The summed E-state index contributed by atoms with van der Waals surface area (Å²) in [4.78, 5) is 4.02. The maximum absolute atomic E-state index is 12.7. The van der Waals surface area contributed by atoms with Gasteiger partial charge >= 0.3 is 0 Å². The molecule has 0 aliphatic heterocycles. The second-order valence-corrected chi connectivity index (χ2v) is 3.61. The van der Waals surface area contributed by atoms with E-state index in [1.54, 1.807) is 16.9 Å². The largest absolute Gasteiger partial charge is 0.362 e. The summed E-state index contributed by atoms with van der Waals surface area (Å²) in [5, 5.41) is 7.29. The SMILES string of the molecule is CC(Nc1ccnn1C)c1ccc(F)cn1. The summed E-state index contributed by atoms with van der Waals surface area (Å²) >= 11 is 0.